The minimum Gasteiger partial charge on any atom is -0.312 e. The van der Waals surface area contributed by atoms with E-state index in [0.717, 1.165) is 16.5 Å². The van der Waals surface area contributed by atoms with Crippen LogP contribution in [0.4, 0.5) is 0 Å². The Morgan fingerprint density at radius 1 is 1.15 bits per heavy atom. The Bertz CT molecular complexity index is 157. The third-order valence-corrected chi connectivity index (χ3v) is 6.08. The van der Waals surface area contributed by atoms with Crippen LogP contribution in [0.5, 0.6) is 0 Å². The van der Waals surface area contributed by atoms with Gasteiger partial charge >= 0.3 is 0 Å². The van der Waals surface area contributed by atoms with Crippen LogP contribution in [0.2, 0.25) is 0 Å². The molecule has 2 fully saturated rings. The van der Waals surface area contributed by atoms with Crippen LogP contribution in [0.1, 0.15) is 26.2 Å². The summed E-state index contributed by atoms with van der Waals surface area (Å²) in [5.74, 6) is 3.64. The summed E-state index contributed by atoms with van der Waals surface area (Å²) in [6.45, 7) is 3.65. The van der Waals surface area contributed by atoms with Crippen LogP contribution >= 0.6 is 23.5 Å². The Kier molecular flexibility index (Phi) is 3.87. The Labute approximate surface area is 89.8 Å². The van der Waals surface area contributed by atoms with Gasteiger partial charge in [0.05, 0.1) is 4.58 Å². The second-order valence-corrected chi connectivity index (χ2v) is 6.86. The van der Waals surface area contributed by atoms with Crippen LogP contribution in [-0.2, 0) is 0 Å². The highest BCUT2D eigenvalue weighted by atomic mass is 32.2. The molecular formula is C10H19NS2. The monoisotopic (exact) mass is 217 g/mol. The fourth-order valence-corrected chi connectivity index (χ4v) is 5.53. The molecule has 1 nitrogen and oxygen atoms in total. The maximum Gasteiger partial charge on any atom is 0.0657 e. The van der Waals surface area contributed by atoms with Crippen LogP contribution < -0.4 is 5.32 Å². The molecule has 0 radical (unpaired) electrons. The van der Waals surface area contributed by atoms with Crippen LogP contribution in [0, 0.1) is 5.92 Å². The van der Waals surface area contributed by atoms with Crippen molar-refractivity contribution >= 4 is 23.5 Å². The van der Waals surface area contributed by atoms with E-state index in [1.165, 1.54) is 37.3 Å². The second-order valence-electron chi connectivity index (χ2n) is 4.06. The number of hydrogen-bond acceptors (Lipinski definition) is 3. The smallest absolute Gasteiger partial charge is 0.0657 e. The van der Waals surface area contributed by atoms with Crippen molar-refractivity contribution in [2.75, 3.05) is 18.1 Å². The van der Waals surface area contributed by atoms with E-state index in [9.17, 15) is 0 Å². The molecule has 0 aromatic heterocycles. The maximum absolute atomic E-state index is 3.70. The summed E-state index contributed by atoms with van der Waals surface area (Å²) in [5.41, 5.74) is 0. The standard InChI is InChI=1S/C10H19NS2/c1-8-4-2-5-11-9(8)10-12-6-3-7-13-10/h8-11H,2-7H2,1H3/t8-,9-/m0/s1. The van der Waals surface area contributed by atoms with Crippen molar-refractivity contribution in [1.29, 1.82) is 0 Å². The van der Waals surface area contributed by atoms with Crippen LogP contribution in [-0.4, -0.2) is 28.7 Å². The Morgan fingerprint density at radius 2 is 1.92 bits per heavy atom. The summed E-state index contributed by atoms with van der Waals surface area (Å²) in [6.07, 6.45) is 4.21. The molecule has 2 rings (SSSR count). The molecule has 76 valence electrons. The fraction of sp³-hybridized carbons (Fsp3) is 1.00. The van der Waals surface area contributed by atoms with E-state index in [1.54, 1.807) is 0 Å². The molecule has 0 bridgehead atoms. The highest BCUT2D eigenvalue weighted by Crippen LogP contribution is 2.37. The van der Waals surface area contributed by atoms with Crippen molar-refractivity contribution in [3.8, 4) is 0 Å². The molecule has 0 saturated carbocycles. The van der Waals surface area contributed by atoms with Gasteiger partial charge in [0.25, 0.3) is 0 Å². The van der Waals surface area contributed by atoms with Crippen molar-refractivity contribution in [2.45, 2.75) is 36.8 Å². The topological polar surface area (TPSA) is 12.0 Å². The quantitative estimate of drug-likeness (QED) is 0.725. The van der Waals surface area contributed by atoms with Gasteiger partial charge in [-0.2, -0.15) is 0 Å². The highest BCUT2D eigenvalue weighted by molar-refractivity contribution is 8.17. The van der Waals surface area contributed by atoms with E-state index >= 15 is 0 Å². The first-order chi connectivity index (χ1) is 6.38. The van der Waals surface area contributed by atoms with Crippen molar-refractivity contribution < 1.29 is 0 Å². The summed E-state index contributed by atoms with van der Waals surface area (Å²) in [4.78, 5) is 0. The molecule has 1 N–H and O–H groups in total. The molecule has 2 aliphatic rings. The van der Waals surface area contributed by atoms with Crippen molar-refractivity contribution in [1.82, 2.24) is 5.32 Å². The minimum absolute atomic E-state index is 0.782. The van der Waals surface area contributed by atoms with Gasteiger partial charge in [-0.1, -0.05) is 6.92 Å². The SMILES string of the molecule is C[C@H]1CCCN[C@@H]1C1SCCCS1. The lowest BCUT2D eigenvalue weighted by molar-refractivity contribution is 0.315. The second kappa shape index (κ2) is 4.94. The van der Waals surface area contributed by atoms with Crippen molar-refractivity contribution in [2.24, 2.45) is 5.92 Å². The zero-order valence-corrected chi connectivity index (χ0v) is 9.92. The van der Waals surface area contributed by atoms with Crippen molar-refractivity contribution in [3.05, 3.63) is 0 Å². The Morgan fingerprint density at radius 3 is 2.62 bits per heavy atom. The molecule has 0 aromatic carbocycles. The number of nitrogens with one attached hydrogen (secondary N) is 1. The third kappa shape index (κ3) is 2.57. The summed E-state index contributed by atoms with van der Waals surface area (Å²) in [6, 6.07) is 0.782. The molecule has 3 heteroatoms. The lowest BCUT2D eigenvalue weighted by Crippen LogP contribution is -2.46. The van der Waals surface area contributed by atoms with Gasteiger partial charge in [-0.3, -0.25) is 0 Å². The molecule has 2 aliphatic heterocycles. The predicted molar refractivity (Wildman–Crippen MR) is 63.5 cm³/mol. The summed E-state index contributed by atoms with van der Waals surface area (Å²) in [5, 5.41) is 3.70. The molecule has 2 atom stereocenters. The molecule has 0 spiro atoms. The van der Waals surface area contributed by atoms with Crippen LogP contribution in [0.15, 0.2) is 0 Å². The zero-order valence-electron chi connectivity index (χ0n) is 8.29. The molecule has 0 aromatic rings. The maximum atomic E-state index is 3.70. The van der Waals surface area contributed by atoms with Gasteiger partial charge in [0, 0.05) is 6.04 Å². The van der Waals surface area contributed by atoms with Gasteiger partial charge in [0.1, 0.15) is 0 Å². The number of piperidine rings is 1. The minimum atomic E-state index is 0.782. The van der Waals surface area contributed by atoms with E-state index in [-0.39, 0.29) is 0 Å². The summed E-state index contributed by atoms with van der Waals surface area (Å²) < 4.78 is 0.837. The van der Waals surface area contributed by atoms with Gasteiger partial charge < -0.3 is 5.32 Å². The summed E-state index contributed by atoms with van der Waals surface area (Å²) >= 11 is 4.35. The van der Waals surface area contributed by atoms with Gasteiger partial charge in [0.2, 0.25) is 0 Å². The van der Waals surface area contributed by atoms with Gasteiger partial charge in [-0.25, -0.2) is 0 Å². The first kappa shape index (κ1) is 10.2. The van der Waals surface area contributed by atoms with Crippen LogP contribution in [0.25, 0.3) is 0 Å². The molecule has 0 unspecified atom stereocenters. The summed E-state index contributed by atoms with van der Waals surface area (Å²) in [7, 11) is 0. The van der Waals surface area contributed by atoms with Gasteiger partial charge in [-0.15, -0.1) is 23.5 Å². The average molecular weight is 217 g/mol. The predicted octanol–water partition coefficient (Wildman–Crippen LogP) is 2.57. The largest absolute Gasteiger partial charge is 0.312 e. The lowest BCUT2D eigenvalue weighted by atomic mass is 9.94. The lowest BCUT2D eigenvalue weighted by Gasteiger charge is -2.37. The van der Waals surface area contributed by atoms with Crippen LogP contribution in [0.3, 0.4) is 0 Å². The highest BCUT2D eigenvalue weighted by Gasteiger charge is 2.30. The van der Waals surface area contributed by atoms with Gasteiger partial charge in [-0.05, 0) is 43.2 Å². The molecule has 2 saturated heterocycles. The number of hydrogen-bond donors (Lipinski definition) is 1. The Balaban J connectivity index is 1.88. The fourth-order valence-electron chi connectivity index (χ4n) is 2.15. The normalized spacial score (nSPS) is 37.6. The number of rotatable bonds is 1. The first-order valence-corrected chi connectivity index (χ1v) is 7.44. The first-order valence-electron chi connectivity index (χ1n) is 5.34. The average Bonchev–Trinajstić information content (AvgIpc) is 2.20. The van der Waals surface area contributed by atoms with E-state index < -0.39 is 0 Å². The molecule has 2 heterocycles. The molecule has 13 heavy (non-hydrogen) atoms. The van der Waals surface area contributed by atoms with E-state index in [4.69, 9.17) is 0 Å². The molecule has 0 amide bonds. The molecule has 0 aliphatic carbocycles. The number of thioether (sulfide) groups is 2. The Hall–Kier alpha value is 0.660. The van der Waals surface area contributed by atoms with E-state index in [1.807, 2.05) is 0 Å². The van der Waals surface area contributed by atoms with Gasteiger partial charge in [0.15, 0.2) is 0 Å². The van der Waals surface area contributed by atoms with E-state index in [2.05, 4.69) is 35.8 Å². The zero-order chi connectivity index (χ0) is 9.10. The van der Waals surface area contributed by atoms with Crippen molar-refractivity contribution in [3.63, 3.8) is 0 Å². The third-order valence-electron chi connectivity index (χ3n) is 2.98. The molecular weight excluding hydrogens is 198 g/mol. The van der Waals surface area contributed by atoms with E-state index in [0.29, 0.717) is 0 Å².